The maximum atomic E-state index is 13.1. The minimum atomic E-state index is -0.453. The van der Waals surface area contributed by atoms with Gasteiger partial charge in [0.1, 0.15) is 11.5 Å². The van der Waals surface area contributed by atoms with Crippen LogP contribution in [0.15, 0.2) is 78.9 Å². The van der Waals surface area contributed by atoms with Crippen LogP contribution in [0, 0.1) is 0 Å². The van der Waals surface area contributed by atoms with E-state index in [9.17, 15) is 9.59 Å². The molecule has 0 aromatic heterocycles. The lowest BCUT2D eigenvalue weighted by atomic mass is 9.97. The molecule has 6 heteroatoms. The molecule has 0 saturated heterocycles. The third-order valence-electron chi connectivity index (χ3n) is 5.17. The molecule has 0 saturated carbocycles. The van der Waals surface area contributed by atoms with Crippen LogP contribution in [0.1, 0.15) is 42.1 Å². The highest BCUT2D eigenvalue weighted by Crippen LogP contribution is 2.26. The predicted octanol–water partition coefficient (Wildman–Crippen LogP) is 4.18. The quantitative estimate of drug-likeness (QED) is 0.532. The summed E-state index contributed by atoms with van der Waals surface area (Å²) in [6, 6.07) is 23.9. The van der Waals surface area contributed by atoms with E-state index in [0.717, 1.165) is 22.4 Å². The van der Waals surface area contributed by atoms with Crippen LogP contribution in [0.4, 0.5) is 0 Å². The smallest absolute Gasteiger partial charge is 0.223 e. The van der Waals surface area contributed by atoms with Gasteiger partial charge in [-0.1, -0.05) is 54.6 Å². The van der Waals surface area contributed by atoms with Gasteiger partial charge in [0.25, 0.3) is 0 Å². The second-order valence-corrected chi connectivity index (χ2v) is 7.41. The van der Waals surface area contributed by atoms with Gasteiger partial charge in [0.2, 0.25) is 11.8 Å². The number of nitrogens with one attached hydrogen (secondary N) is 2. The molecular formula is C26H28N2O4. The Morgan fingerprint density at radius 1 is 0.719 bits per heavy atom. The molecule has 0 aliphatic heterocycles. The Kier molecular flexibility index (Phi) is 7.86. The molecular weight excluding hydrogens is 404 g/mol. The molecule has 32 heavy (non-hydrogen) atoms. The highest BCUT2D eigenvalue weighted by molar-refractivity contribution is 5.80. The molecule has 6 nitrogen and oxygen atoms in total. The topological polar surface area (TPSA) is 76.7 Å². The van der Waals surface area contributed by atoms with Gasteiger partial charge in [-0.2, -0.15) is 0 Å². The molecule has 0 aliphatic rings. The summed E-state index contributed by atoms with van der Waals surface area (Å²) >= 11 is 0. The summed E-state index contributed by atoms with van der Waals surface area (Å²) in [6.45, 7) is 1.44. The van der Waals surface area contributed by atoms with Crippen molar-refractivity contribution in [3.05, 3.63) is 95.6 Å². The van der Waals surface area contributed by atoms with Gasteiger partial charge in [0, 0.05) is 6.92 Å². The van der Waals surface area contributed by atoms with Crippen molar-refractivity contribution in [3.63, 3.8) is 0 Å². The molecule has 3 aromatic carbocycles. The Hall–Kier alpha value is -3.80. The average Bonchev–Trinajstić information content (AvgIpc) is 2.82. The molecule has 0 aliphatic carbocycles. The van der Waals surface area contributed by atoms with E-state index in [1.165, 1.54) is 6.92 Å². The fourth-order valence-electron chi connectivity index (χ4n) is 3.54. The first-order valence-electron chi connectivity index (χ1n) is 10.4. The molecule has 3 rings (SSSR count). The number of hydrogen-bond donors (Lipinski definition) is 2. The Bertz CT molecular complexity index is 1020. The number of ether oxygens (including phenoxy) is 2. The van der Waals surface area contributed by atoms with Crippen LogP contribution in [0.25, 0.3) is 0 Å². The summed E-state index contributed by atoms with van der Waals surface area (Å²) in [7, 11) is 3.21. The third kappa shape index (κ3) is 6.11. The lowest BCUT2D eigenvalue weighted by Crippen LogP contribution is -2.34. The van der Waals surface area contributed by atoms with Crippen LogP contribution >= 0.6 is 0 Å². The van der Waals surface area contributed by atoms with Crippen LogP contribution < -0.4 is 20.1 Å². The maximum absolute atomic E-state index is 13.1. The van der Waals surface area contributed by atoms with Gasteiger partial charge in [-0.15, -0.1) is 0 Å². The van der Waals surface area contributed by atoms with Crippen LogP contribution in [0.5, 0.6) is 11.5 Å². The fraction of sp³-hybridized carbons (Fsp3) is 0.231. The molecule has 2 unspecified atom stereocenters. The largest absolute Gasteiger partial charge is 0.497 e. The van der Waals surface area contributed by atoms with E-state index >= 15 is 0 Å². The van der Waals surface area contributed by atoms with Gasteiger partial charge >= 0.3 is 0 Å². The second-order valence-electron chi connectivity index (χ2n) is 7.41. The fourth-order valence-corrected chi connectivity index (χ4v) is 3.54. The molecule has 0 heterocycles. The minimum absolute atomic E-state index is 0.103. The highest BCUT2D eigenvalue weighted by Gasteiger charge is 2.21. The zero-order valence-electron chi connectivity index (χ0n) is 18.5. The Morgan fingerprint density at radius 3 is 1.72 bits per heavy atom. The van der Waals surface area contributed by atoms with E-state index in [-0.39, 0.29) is 24.3 Å². The molecule has 2 atom stereocenters. The zero-order chi connectivity index (χ0) is 22.9. The molecule has 2 amide bonds. The van der Waals surface area contributed by atoms with Crippen molar-refractivity contribution in [3.8, 4) is 11.5 Å². The summed E-state index contributed by atoms with van der Waals surface area (Å²) in [5, 5.41) is 6.00. The van der Waals surface area contributed by atoms with Gasteiger partial charge in [-0.3, -0.25) is 9.59 Å². The predicted molar refractivity (Wildman–Crippen MR) is 124 cm³/mol. The maximum Gasteiger partial charge on any atom is 0.223 e. The standard InChI is InChI=1S/C26H28N2O4/c1-18(29)27-24(19-9-13-22(31-2)14-10-19)17-25(30)28-26(20-7-5-4-6-8-20)21-11-15-23(32-3)16-12-21/h4-16,24,26H,17H2,1-3H3,(H,27,29)(H,28,30). The molecule has 0 fully saturated rings. The SMILES string of the molecule is COc1ccc(C(CC(=O)NC(c2ccccc2)c2ccc(OC)cc2)NC(C)=O)cc1. The lowest BCUT2D eigenvalue weighted by Gasteiger charge is -2.23. The first-order valence-corrected chi connectivity index (χ1v) is 10.4. The van der Waals surface area contributed by atoms with Crippen molar-refractivity contribution in [2.75, 3.05) is 14.2 Å². The highest BCUT2D eigenvalue weighted by atomic mass is 16.5. The number of carbonyl (C=O) groups is 2. The summed E-state index contributed by atoms with van der Waals surface area (Å²) in [4.78, 5) is 24.9. The number of hydrogen-bond acceptors (Lipinski definition) is 4. The second kappa shape index (κ2) is 11.0. The van der Waals surface area contributed by atoms with Gasteiger partial charge in [0.05, 0.1) is 32.7 Å². The Labute approximate surface area is 188 Å². The first-order chi connectivity index (χ1) is 15.5. The third-order valence-corrected chi connectivity index (χ3v) is 5.17. The van der Waals surface area contributed by atoms with E-state index in [0.29, 0.717) is 5.75 Å². The number of rotatable bonds is 9. The number of amides is 2. The molecule has 0 radical (unpaired) electrons. The lowest BCUT2D eigenvalue weighted by molar-refractivity contribution is -0.123. The Balaban J connectivity index is 1.82. The van der Waals surface area contributed by atoms with E-state index < -0.39 is 6.04 Å². The monoisotopic (exact) mass is 432 g/mol. The number of benzene rings is 3. The summed E-state index contributed by atoms with van der Waals surface area (Å²) < 4.78 is 10.5. The van der Waals surface area contributed by atoms with E-state index in [4.69, 9.17) is 9.47 Å². The van der Waals surface area contributed by atoms with Crippen molar-refractivity contribution in [2.24, 2.45) is 0 Å². The van der Waals surface area contributed by atoms with Gasteiger partial charge in [-0.25, -0.2) is 0 Å². The number of carbonyl (C=O) groups excluding carboxylic acids is 2. The van der Waals surface area contributed by atoms with Crippen LogP contribution in [0.3, 0.4) is 0 Å². The van der Waals surface area contributed by atoms with Crippen LogP contribution in [0.2, 0.25) is 0 Å². The summed E-state index contributed by atoms with van der Waals surface area (Å²) in [5.41, 5.74) is 2.73. The summed E-state index contributed by atoms with van der Waals surface area (Å²) in [6.07, 6.45) is 0.103. The van der Waals surface area contributed by atoms with Crippen molar-refractivity contribution in [1.82, 2.24) is 10.6 Å². The molecule has 2 N–H and O–H groups in total. The van der Waals surface area contributed by atoms with Crippen molar-refractivity contribution >= 4 is 11.8 Å². The Morgan fingerprint density at radius 2 is 1.22 bits per heavy atom. The van der Waals surface area contributed by atoms with E-state index in [1.807, 2.05) is 78.9 Å². The first kappa shape index (κ1) is 22.9. The van der Waals surface area contributed by atoms with Crippen molar-refractivity contribution in [2.45, 2.75) is 25.4 Å². The van der Waals surface area contributed by atoms with E-state index in [1.54, 1.807) is 14.2 Å². The van der Waals surface area contributed by atoms with Crippen molar-refractivity contribution in [1.29, 1.82) is 0 Å². The van der Waals surface area contributed by atoms with Gasteiger partial charge in [-0.05, 0) is 41.0 Å². The number of methoxy groups -OCH3 is 2. The zero-order valence-corrected chi connectivity index (χ0v) is 18.5. The van der Waals surface area contributed by atoms with Gasteiger partial charge < -0.3 is 20.1 Å². The molecule has 0 bridgehead atoms. The van der Waals surface area contributed by atoms with Crippen molar-refractivity contribution < 1.29 is 19.1 Å². The molecule has 0 spiro atoms. The van der Waals surface area contributed by atoms with Gasteiger partial charge in [0.15, 0.2) is 0 Å². The van der Waals surface area contributed by atoms with Crippen LogP contribution in [-0.4, -0.2) is 26.0 Å². The van der Waals surface area contributed by atoms with E-state index in [2.05, 4.69) is 10.6 Å². The molecule has 3 aromatic rings. The normalized spacial score (nSPS) is 12.3. The molecule has 166 valence electrons. The van der Waals surface area contributed by atoms with Crippen LogP contribution in [-0.2, 0) is 9.59 Å². The summed E-state index contributed by atoms with van der Waals surface area (Å²) in [5.74, 6) is 1.08. The minimum Gasteiger partial charge on any atom is -0.497 e. The average molecular weight is 433 g/mol.